The minimum atomic E-state index is -0.286. The van der Waals surface area contributed by atoms with Crippen molar-refractivity contribution in [2.45, 2.75) is 195 Å². The molecule has 7 rings (SSSR count). The van der Waals surface area contributed by atoms with E-state index in [0.717, 1.165) is 23.4 Å². The maximum absolute atomic E-state index is 14.2. The molecule has 0 fully saturated rings. The molecule has 350 valence electrons. The minimum Gasteiger partial charge on any atom is -0.493 e. The summed E-state index contributed by atoms with van der Waals surface area (Å²) in [5.41, 5.74) is 5.23. The number of carbonyl (C=O) groups excluding carboxylic acids is 1. The summed E-state index contributed by atoms with van der Waals surface area (Å²) in [5.74, 6) is 1.61. The standard InChI is InChI=1S/C61H83NO3/c1-6-11-15-19-21-25-30-45(29-23-17-13-8-3)43-62-55-40-37-47-33-27-34-50-51-35-28-36-52-53(42-56(62)60(58(51)52)59(55)57(47)50)49-39-38-48(41-54(49)61(63)64-10-5)65-44-46(31-24-18-14-9-4)32-26-22-20-16-12-7-2/h27-28,33-42,45-46H,6-26,29-32,43-44H2,1-5H3. The largest absolute Gasteiger partial charge is 0.493 e. The van der Waals surface area contributed by atoms with Crippen molar-refractivity contribution in [3.05, 3.63) is 78.4 Å². The monoisotopic (exact) mass is 878 g/mol. The Labute approximate surface area is 392 Å². The third kappa shape index (κ3) is 11.8. The van der Waals surface area contributed by atoms with Gasteiger partial charge < -0.3 is 14.0 Å². The number of hydrogen-bond donors (Lipinski definition) is 0. The first kappa shape index (κ1) is 48.6. The van der Waals surface area contributed by atoms with Crippen LogP contribution in [0.5, 0.6) is 5.75 Å². The van der Waals surface area contributed by atoms with Gasteiger partial charge in [0.25, 0.3) is 0 Å². The molecule has 1 heterocycles. The van der Waals surface area contributed by atoms with E-state index in [1.165, 1.54) is 208 Å². The molecule has 0 spiro atoms. The quantitative estimate of drug-likeness (QED) is 0.0183. The molecule has 0 amide bonds. The van der Waals surface area contributed by atoms with Crippen LogP contribution in [0.15, 0.2) is 72.8 Å². The van der Waals surface area contributed by atoms with Crippen LogP contribution in [0.2, 0.25) is 0 Å². The number of benzene rings is 6. The molecule has 2 unspecified atom stereocenters. The van der Waals surface area contributed by atoms with Crippen LogP contribution < -0.4 is 4.74 Å². The van der Waals surface area contributed by atoms with Gasteiger partial charge in [0.1, 0.15) is 5.75 Å². The van der Waals surface area contributed by atoms with E-state index in [2.05, 4.69) is 99.0 Å². The summed E-state index contributed by atoms with van der Waals surface area (Å²) < 4.78 is 15.2. The lowest BCUT2D eigenvalue weighted by molar-refractivity contribution is 0.0526. The van der Waals surface area contributed by atoms with Gasteiger partial charge in [-0.05, 0) is 113 Å². The smallest absolute Gasteiger partial charge is 0.338 e. The van der Waals surface area contributed by atoms with Gasteiger partial charge in [0, 0.05) is 28.2 Å². The number of hydrogen-bond acceptors (Lipinski definition) is 3. The number of carbonyl (C=O) groups is 1. The number of rotatable bonds is 32. The summed E-state index contributed by atoms with van der Waals surface area (Å²) in [5, 5.41) is 10.5. The predicted octanol–water partition coefficient (Wildman–Crippen LogP) is 19.0. The molecule has 6 aromatic carbocycles. The van der Waals surface area contributed by atoms with Gasteiger partial charge in [0.15, 0.2) is 0 Å². The molecule has 0 radical (unpaired) electrons. The molecule has 0 saturated heterocycles. The Hall–Kier alpha value is -4.31. The highest BCUT2D eigenvalue weighted by Crippen LogP contribution is 2.49. The number of unbranched alkanes of at least 4 members (excludes halogenated alkanes) is 16. The Morgan fingerprint density at radius 2 is 1.03 bits per heavy atom. The highest BCUT2D eigenvalue weighted by Gasteiger charge is 2.26. The summed E-state index contributed by atoms with van der Waals surface area (Å²) in [6.45, 7) is 13.1. The number of ether oxygens (including phenoxy) is 2. The molecular weight excluding hydrogens is 795 g/mol. The summed E-state index contributed by atoms with van der Waals surface area (Å²) in [6.07, 6.45) is 31.1. The van der Waals surface area contributed by atoms with Crippen molar-refractivity contribution >= 4 is 60.1 Å². The number of nitrogens with zero attached hydrogens (tertiary/aromatic N) is 1. The van der Waals surface area contributed by atoms with Crippen LogP contribution in [0.25, 0.3) is 65.3 Å². The number of esters is 1. The minimum absolute atomic E-state index is 0.286. The molecule has 1 aromatic heterocycles. The molecule has 2 atom stereocenters. The molecule has 4 heteroatoms. The van der Waals surface area contributed by atoms with Crippen LogP contribution in [-0.2, 0) is 11.3 Å². The van der Waals surface area contributed by atoms with E-state index in [0.29, 0.717) is 30.6 Å². The second kappa shape index (κ2) is 25.0. The second-order valence-corrected chi connectivity index (χ2v) is 19.8. The van der Waals surface area contributed by atoms with Crippen LogP contribution in [-0.4, -0.2) is 23.8 Å². The lowest BCUT2D eigenvalue weighted by Gasteiger charge is -2.21. The van der Waals surface area contributed by atoms with Gasteiger partial charge in [0.05, 0.1) is 24.3 Å². The molecule has 4 nitrogen and oxygen atoms in total. The molecule has 0 saturated carbocycles. The Balaban J connectivity index is 1.29. The topological polar surface area (TPSA) is 40.5 Å². The fourth-order valence-electron chi connectivity index (χ4n) is 11.3. The predicted molar refractivity (Wildman–Crippen MR) is 282 cm³/mol. The molecule has 0 aliphatic rings. The average molecular weight is 878 g/mol. The molecule has 0 aliphatic carbocycles. The van der Waals surface area contributed by atoms with E-state index in [4.69, 9.17) is 9.47 Å². The molecular formula is C61H83NO3. The third-order valence-electron chi connectivity index (χ3n) is 14.9. The van der Waals surface area contributed by atoms with E-state index >= 15 is 0 Å². The molecule has 0 N–H and O–H groups in total. The normalized spacial score (nSPS) is 13.1. The molecule has 65 heavy (non-hydrogen) atoms. The van der Waals surface area contributed by atoms with Gasteiger partial charge in [-0.3, -0.25) is 0 Å². The van der Waals surface area contributed by atoms with E-state index in [1.54, 1.807) is 0 Å². The van der Waals surface area contributed by atoms with Crippen molar-refractivity contribution in [1.29, 1.82) is 0 Å². The summed E-state index contributed by atoms with van der Waals surface area (Å²) in [4.78, 5) is 14.2. The fourth-order valence-corrected chi connectivity index (χ4v) is 11.3. The second-order valence-electron chi connectivity index (χ2n) is 19.8. The zero-order valence-corrected chi connectivity index (χ0v) is 41.3. The Bertz CT molecular complexity index is 2490. The van der Waals surface area contributed by atoms with E-state index < -0.39 is 0 Å². The first-order chi connectivity index (χ1) is 32.0. The Morgan fingerprint density at radius 1 is 0.492 bits per heavy atom. The van der Waals surface area contributed by atoms with Gasteiger partial charge in [-0.1, -0.05) is 199 Å². The summed E-state index contributed by atoms with van der Waals surface area (Å²) >= 11 is 0. The van der Waals surface area contributed by atoms with Crippen LogP contribution in [0, 0.1) is 11.8 Å². The zero-order chi connectivity index (χ0) is 45.4. The number of aromatic nitrogens is 1. The molecule has 0 aliphatic heterocycles. The van der Waals surface area contributed by atoms with Crippen molar-refractivity contribution in [1.82, 2.24) is 4.57 Å². The van der Waals surface area contributed by atoms with E-state index in [9.17, 15) is 4.79 Å². The maximum Gasteiger partial charge on any atom is 0.338 e. The third-order valence-corrected chi connectivity index (χ3v) is 14.9. The number of fused-ring (bicyclic) bond motifs is 1. The highest BCUT2D eigenvalue weighted by molar-refractivity contribution is 6.41. The van der Waals surface area contributed by atoms with Gasteiger partial charge in [0.2, 0.25) is 0 Å². The van der Waals surface area contributed by atoms with Gasteiger partial charge in [-0.25, -0.2) is 4.79 Å². The fraction of sp³-hybridized carbons (Fsp3) is 0.557. The Kier molecular flexibility index (Phi) is 18.7. The first-order valence-corrected chi connectivity index (χ1v) is 26.9. The lowest BCUT2D eigenvalue weighted by atomic mass is 9.86. The van der Waals surface area contributed by atoms with Crippen LogP contribution >= 0.6 is 0 Å². The van der Waals surface area contributed by atoms with E-state index in [1.807, 2.05) is 13.0 Å². The van der Waals surface area contributed by atoms with Crippen molar-refractivity contribution in [3.63, 3.8) is 0 Å². The summed E-state index contributed by atoms with van der Waals surface area (Å²) in [6, 6.07) is 27.1. The van der Waals surface area contributed by atoms with Crippen molar-refractivity contribution in [2.75, 3.05) is 13.2 Å². The first-order valence-electron chi connectivity index (χ1n) is 26.9. The maximum atomic E-state index is 14.2. The van der Waals surface area contributed by atoms with Crippen molar-refractivity contribution < 1.29 is 14.3 Å². The van der Waals surface area contributed by atoms with E-state index in [-0.39, 0.29) is 5.97 Å². The lowest BCUT2D eigenvalue weighted by Crippen LogP contribution is -2.13. The van der Waals surface area contributed by atoms with Crippen molar-refractivity contribution in [2.24, 2.45) is 11.8 Å². The Morgan fingerprint density at radius 3 is 1.66 bits per heavy atom. The van der Waals surface area contributed by atoms with Gasteiger partial charge in [-0.2, -0.15) is 0 Å². The molecule has 7 aromatic rings. The van der Waals surface area contributed by atoms with Crippen molar-refractivity contribution in [3.8, 4) is 16.9 Å². The zero-order valence-electron chi connectivity index (χ0n) is 41.3. The van der Waals surface area contributed by atoms with Crippen LogP contribution in [0.3, 0.4) is 0 Å². The average Bonchev–Trinajstić information content (AvgIpc) is 3.65. The van der Waals surface area contributed by atoms with Crippen LogP contribution in [0.1, 0.15) is 199 Å². The van der Waals surface area contributed by atoms with Gasteiger partial charge in [-0.15, -0.1) is 0 Å². The molecule has 0 bridgehead atoms. The summed E-state index contributed by atoms with van der Waals surface area (Å²) in [7, 11) is 0. The SMILES string of the molecule is CCCCCCCCC(CCCCCC)COc1ccc(-c2cc3c4c5c2cccc5c2cccc5ccc(c4c52)n3CC(CCCCCC)CCCCCCCC)c(C(=O)OCC)c1. The van der Waals surface area contributed by atoms with Gasteiger partial charge >= 0.3 is 5.97 Å². The highest BCUT2D eigenvalue weighted by atomic mass is 16.5. The van der Waals surface area contributed by atoms with Crippen LogP contribution in [0.4, 0.5) is 0 Å².